The Labute approximate surface area is 200 Å². The lowest BCUT2D eigenvalue weighted by Crippen LogP contribution is -2.29. The van der Waals surface area contributed by atoms with Crippen LogP contribution >= 0.6 is 0 Å². The minimum absolute atomic E-state index is 0.0264. The van der Waals surface area contributed by atoms with Gasteiger partial charge in [0.15, 0.2) is 6.61 Å². The van der Waals surface area contributed by atoms with E-state index < -0.39 is 0 Å². The van der Waals surface area contributed by atoms with E-state index in [2.05, 4.69) is 16.0 Å². The monoisotopic (exact) mass is 457 g/mol. The van der Waals surface area contributed by atoms with Crippen molar-refractivity contribution in [3.05, 3.63) is 89.7 Å². The van der Waals surface area contributed by atoms with Crippen LogP contribution in [0.5, 0.6) is 11.5 Å². The molecule has 176 valence electrons. The van der Waals surface area contributed by atoms with E-state index in [1.807, 2.05) is 80.6 Å². The van der Waals surface area contributed by atoms with Crippen LogP contribution in [0.4, 0.5) is 0 Å². The van der Waals surface area contributed by atoms with Crippen molar-refractivity contribution in [2.75, 3.05) is 13.2 Å². The number of aromatic nitrogens is 2. The molecule has 0 saturated heterocycles. The molecule has 6 nitrogen and oxygen atoms in total. The quantitative estimate of drug-likeness (QED) is 0.314. The molecule has 34 heavy (non-hydrogen) atoms. The number of para-hydroxylation sites is 3. The molecule has 3 aromatic carbocycles. The van der Waals surface area contributed by atoms with E-state index in [1.54, 1.807) is 0 Å². The lowest BCUT2D eigenvalue weighted by atomic mass is 10.1. The highest BCUT2D eigenvalue weighted by Crippen LogP contribution is 2.19. The molecule has 1 heterocycles. The van der Waals surface area contributed by atoms with Gasteiger partial charge < -0.3 is 19.4 Å². The van der Waals surface area contributed by atoms with Crippen LogP contribution in [0.3, 0.4) is 0 Å². The molecule has 1 aromatic heterocycles. The highest BCUT2D eigenvalue weighted by molar-refractivity contribution is 5.78. The van der Waals surface area contributed by atoms with E-state index in [0.717, 1.165) is 58.9 Å². The molecule has 0 spiro atoms. The molecule has 4 aromatic rings. The van der Waals surface area contributed by atoms with Crippen molar-refractivity contribution in [3.63, 3.8) is 0 Å². The standard InChI is InChI=1S/C28H31N3O3/c1-21-14-15-22(2)26(18-21)34-20-28(32)29-19-27-30-24-12-6-7-13-25(24)31(27)16-8-9-17-33-23-10-4-3-5-11-23/h3-7,10-15,18H,8-9,16-17,19-20H2,1-2H3,(H,29,32). The number of nitrogens with one attached hydrogen (secondary N) is 1. The first-order chi connectivity index (χ1) is 16.6. The van der Waals surface area contributed by atoms with Gasteiger partial charge in [-0.3, -0.25) is 4.79 Å². The Morgan fingerprint density at radius 1 is 0.941 bits per heavy atom. The summed E-state index contributed by atoms with van der Waals surface area (Å²) in [4.78, 5) is 17.2. The van der Waals surface area contributed by atoms with E-state index >= 15 is 0 Å². The molecule has 0 aliphatic heterocycles. The first-order valence-electron chi connectivity index (χ1n) is 11.7. The van der Waals surface area contributed by atoms with E-state index in [4.69, 9.17) is 14.5 Å². The second kappa shape index (κ2) is 11.4. The zero-order valence-corrected chi connectivity index (χ0v) is 19.8. The highest BCUT2D eigenvalue weighted by atomic mass is 16.5. The van der Waals surface area contributed by atoms with Crippen molar-refractivity contribution in [3.8, 4) is 11.5 Å². The van der Waals surface area contributed by atoms with E-state index in [-0.39, 0.29) is 12.5 Å². The molecular formula is C28H31N3O3. The smallest absolute Gasteiger partial charge is 0.258 e. The Morgan fingerprint density at radius 3 is 2.59 bits per heavy atom. The second-order valence-electron chi connectivity index (χ2n) is 8.37. The van der Waals surface area contributed by atoms with Gasteiger partial charge in [0, 0.05) is 6.54 Å². The van der Waals surface area contributed by atoms with E-state index in [0.29, 0.717) is 13.2 Å². The SMILES string of the molecule is Cc1ccc(C)c(OCC(=O)NCc2nc3ccccc3n2CCCCOc2ccccc2)c1. The normalized spacial score (nSPS) is 10.9. The van der Waals surface area contributed by atoms with Gasteiger partial charge in [-0.05, 0) is 68.1 Å². The minimum Gasteiger partial charge on any atom is -0.494 e. The van der Waals surface area contributed by atoms with Crippen molar-refractivity contribution >= 4 is 16.9 Å². The number of unbranched alkanes of at least 4 members (excludes halogenated alkanes) is 1. The first kappa shape index (κ1) is 23.4. The summed E-state index contributed by atoms with van der Waals surface area (Å²) >= 11 is 0. The third kappa shape index (κ3) is 6.16. The molecular weight excluding hydrogens is 426 g/mol. The van der Waals surface area contributed by atoms with Crippen molar-refractivity contribution < 1.29 is 14.3 Å². The van der Waals surface area contributed by atoms with Crippen molar-refractivity contribution in [1.82, 2.24) is 14.9 Å². The summed E-state index contributed by atoms with van der Waals surface area (Å²) < 4.78 is 13.7. The Balaban J connectivity index is 1.32. The predicted octanol–water partition coefficient (Wildman–Crippen LogP) is 5.21. The number of hydrogen-bond acceptors (Lipinski definition) is 4. The van der Waals surface area contributed by atoms with Gasteiger partial charge in [0.2, 0.25) is 0 Å². The van der Waals surface area contributed by atoms with Crippen LogP contribution in [0.1, 0.15) is 29.8 Å². The fourth-order valence-corrected chi connectivity index (χ4v) is 3.82. The number of hydrogen-bond donors (Lipinski definition) is 1. The summed E-state index contributed by atoms with van der Waals surface area (Å²) in [5.74, 6) is 2.29. The topological polar surface area (TPSA) is 65.4 Å². The third-order valence-corrected chi connectivity index (χ3v) is 5.67. The molecule has 0 unspecified atom stereocenters. The predicted molar refractivity (Wildman–Crippen MR) is 134 cm³/mol. The number of nitrogens with zero attached hydrogens (tertiary/aromatic N) is 2. The van der Waals surface area contributed by atoms with Gasteiger partial charge in [-0.25, -0.2) is 4.98 Å². The molecule has 0 fully saturated rings. The Bertz CT molecular complexity index is 1230. The molecule has 0 aliphatic carbocycles. The van der Waals surface area contributed by atoms with Crippen LogP contribution < -0.4 is 14.8 Å². The average Bonchev–Trinajstić information content (AvgIpc) is 3.21. The molecule has 0 bridgehead atoms. The summed E-state index contributed by atoms with van der Waals surface area (Å²) in [5, 5.41) is 2.96. The molecule has 0 atom stereocenters. The third-order valence-electron chi connectivity index (χ3n) is 5.67. The molecule has 1 amide bonds. The Kier molecular flexibility index (Phi) is 7.81. The zero-order chi connectivity index (χ0) is 23.8. The number of carbonyl (C=O) groups is 1. The largest absolute Gasteiger partial charge is 0.494 e. The van der Waals surface area contributed by atoms with Crippen LogP contribution in [0.15, 0.2) is 72.8 Å². The second-order valence-corrected chi connectivity index (χ2v) is 8.37. The number of ether oxygens (including phenoxy) is 2. The van der Waals surface area contributed by atoms with Crippen LogP contribution in [-0.4, -0.2) is 28.7 Å². The molecule has 0 saturated carbocycles. The fraction of sp³-hybridized carbons (Fsp3) is 0.286. The van der Waals surface area contributed by atoms with Crippen LogP contribution in [0, 0.1) is 13.8 Å². The van der Waals surface area contributed by atoms with Crippen molar-refractivity contribution in [1.29, 1.82) is 0 Å². The number of rotatable bonds is 11. The van der Waals surface area contributed by atoms with E-state index in [9.17, 15) is 4.79 Å². The number of fused-ring (bicyclic) bond motifs is 1. The minimum atomic E-state index is -0.171. The van der Waals surface area contributed by atoms with Gasteiger partial charge in [-0.1, -0.05) is 42.5 Å². The summed E-state index contributed by atoms with van der Waals surface area (Å²) in [5.41, 5.74) is 4.11. The molecule has 0 radical (unpaired) electrons. The number of amides is 1. The fourth-order valence-electron chi connectivity index (χ4n) is 3.82. The summed E-state index contributed by atoms with van der Waals surface area (Å²) in [6.07, 6.45) is 1.88. The first-order valence-corrected chi connectivity index (χ1v) is 11.7. The van der Waals surface area contributed by atoms with Crippen LogP contribution in [-0.2, 0) is 17.9 Å². The zero-order valence-electron chi connectivity index (χ0n) is 19.8. The summed E-state index contributed by atoms with van der Waals surface area (Å²) in [6, 6.07) is 23.9. The Morgan fingerprint density at radius 2 is 1.74 bits per heavy atom. The Hall–Kier alpha value is -3.80. The molecule has 1 N–H and O–H groups in total. The van der Waals surface area contributed by atoms with Crippen LogP contribution in [0.2, 0.25) is 0 Å². The van der Waals surface area contributed by atoms with Gasteiger partial charge in [0.25, 0.3) is 5.91 Å². The number of imidazole rings is 1. The van der Waals surface area contributed by atoms with Gasteiger partial charge in [0.1, 0.15) is 17.3 Å². The number of benzene rings is 3. The molecule has 6 heteroatoms. The van der Waals surface area contributed by atoms with Gasteiger partial charge in [-0.2, -0.15) is 0 Å². The van der Waals surface area contributed by atoms with Gasteiger partial charge in [-0.15, -0.1) is 0 Å². The van der Waals surface area contributed by atoms with Crippen LogP contribution in [0.25, 0.3) is 11.0 Å². The van der Waals surface area contributed by atoms with Gasteiger partial charge in [0.05, 0.1) is 24.2 Å². The highest BCUT2D eigenvalue weighted by Gasteiger charge is 2.12. The number of aryl methyl sites for hydroxylation is 3. The lowest BCUT2D eigenvalue weighted by Gasteiger charge is -2.12. The maximum atomic E-state index is 12.5. The average molecular weight is 458 g/mol. The lowest BCUT2D eigenvalue weighted by molar-refractivity contribution is -0.123. The summed E-state index contributed by atoms with van der Waals surface area (Å²) in [7, 11) is 0. The maximum absolute atomic E-state index is 12.5. The van der Waals surface area contributed by atoms with Gasteiger partial charge >= 0.3 is 0 Å². The van der Waals surface area contributed by atoms with E-state index in [1.165, 1.54) is 0 Å². The summed E-state index contributed by atoms with van der Waals surface area (Å²) in [6.45, 7) is 5.78. The molecule has 4 rings (SSSR count). The number of carbonyl (C=O) groups excluding carboxylic acids is 1. The van der Waals surface area contributed by atoms with Crippen molar-refractivity contribution in [2.45, 2.75) is 39.8 Å². The molecule has 0 aliphatic rings. The maximum Gasteiger partial charge on any atom is 0.258 e. The van der Waals surface area contributed by atoms with Crippen molar-refractivity contribution in [2.24, 2.45) is 0 Å².